The number of anilines is 1. The number of carbonyl (C=O) groups excluding carboxylic acids is 1. The fourth-order valence-electron chi connectivity index (χ4n) is 2.08. The van der Waals surface area contributed by atoms with Crippen LogP contribution in [0.25, 0.3) is 10.9 Å². The predicted molar refractivity (Wildman–Crippen MR) is 91.4 cm³/mol. The Kier molecular flexibility index (Phi) is 4.46. The Labute approximate surface area is 146 Å². The van der Waals surface area contributed by atoms with E-state index in [1.807, 2.05) is 0 Å². The number of hydrogen-bond acceptors (Lipinski definition) is 5. The zero-order valence-electron chi connectivity index (χ0n) is 12.5. The smallest absolute Gasteiger partial charge is 0.278 e. The average Bonchev–Trinajstić information content (AvgIpc) is 2.58. The Bertz CT molecular complexity index is 1000. The van der Waals surface area contributed by atoms with Crippen molar-refractivity contribution in [3.8, 4) is 0 Å². The Morgan fingerprint density at radius 1 is 1.29 bits per heavy atom. The zero-order chi connectivity index (χ0) is 17.3. The van der Waals surface area contributed by atoms with Crippen molar-refractivity contribution in [2.24, 2.45) is 0 Å². The first-order valence-electron chi connectivity index (χ1n) is 6.90. The molecule has 0 bridgehead atoms. The lowest BCUT2D eigenvalue weighted by molar-refractivity contribution is -0.117. The van der Waals surface area contributed by atoms with Gasteiger partial charge in [-0.3, -0.25) is 9.59 Å². The lowest BCUT2D eigenvalue weighted by atomic mass is 10.2. The number of rotatable bonds is 3. The second-order valence-electron chi connectivity index (χ2n) is 5.01. The topological polar surface area (TPSA) is 89.8 Å². The van der Waals surface area contributed by atoms with Gasteiger partial charge in [-0.1, -0.05) is 40.5 Å². The second-order valence-corrected chi connectivity index (χ2v) is 5.80. The molecule has 24 heavy (non-hydrogen) atoms. The average molecular weight is 364 g/mol. The number of carbonyl (C=O) groups is 1. The van der Waals surface area contributed by atoms with Crippen LogP contribution in [0.2, 0.25) is 10.0 Å². The first kappa shape index (κ1) is 16.4. The Balaban J connectivity index is 1.84. The minimum absolute atomic E-state index is 0.172. The molecule has 0 aliphatic heterocycles. The van der Waals surface area contributed by atoms with Crippen molar-refractivity contribution < 1.29 is 4.79 Å². The standard InChI is InChI=1S/C15H11Cl2N5O2/c1-8-10(16)6-18-14(13(8)17)19-12(23)7-22-15(24)9-4-2-3-5-11(9)20-21-22/h2-6H,7H2,1H3,(H,18,19,23). The quantitative estimate of drug-likeness (QED) is 0.771. The molecule has 2 heterocycles. The summed E-state index contributed by atoms with van der Waals surface area (Å²) in [6.45, 7) is 1.40. The number of benzene rings is 1. The summed E-state index contributed by atoms with van der Waals surface area (Å²) in [6, 6.07) is 6.77. The van der Waals surface area contributed by atoms with Crippen molar-refractivity contribution in [2.45, 2.75) is 13.5 Å². The van der Waals surface area contributed by atoms with Crippen molar-refractivity contribution in [3.05, 3.63) is 56.4 Å². The maximum Gasteiger partial charge on any atom is 0.278 e. The van der Waals surface area contributed by atoms with E-state index in [1.165, 1.54) is 6.20 Å². The molecule has 0 fully saturated rings. The molecule has 3 aromatic rings. The summed E-state index contributed by atoms with van der Waals surface area (Å²) in [6.07, 6.45) is 1.39. The van der Waals surface area contributed by atoms with E-state index in [2.05, 4.69) is 20.6 Å². The highest BCUT2D eigenvalue weighted by molar-refractivity contribution is 6.37. The van der Waals surface area contributed by atoms with Gasteiger partial charge in [0.15, 0.2) is 5.82 Å². The molecule has 2 aromatic heterocycles. The van der Waals surface area contributed by atoms with E-state index in [-0.39, 0.29) is 17.4 Å². The number of aromatic nitrogens is 4. The molecule has 0 unspecified atom stereocenters. The minimum Gasteiger partial charge on any atom is -0.308 e. The molecule has 1 amide bonds. The van der Waals surface area contributed by atoms with Crippen molar-refractivity contribution >= 4 is 45.8 Å². The summed E-state index contributed by atoms with van der Waals surface area (Å²) < 4.78 is 0.981. The van der Waals surface area contributed by atoms with E-state index < -0.39 is 11.5 Å². The van der Waals surface area contributed by atoms with Gasteiger partial charge in [-0.05, 0) is 24.6 Å². The highest BCUT2D eigenvalue weighted by atomic mass is 35.5. The molecule has 9 heteroatoms. The maximum atomic E-state index is 12.3. The number of hydrogen-bond donors (Lipinski definition) is 1. The third kappa shape index (κ3) is 3.08. The molecule has 0 saturated carbocycles. The first-order valence-corrected chi connectivity index (χ1v) is 7.66. The summed E-state index contributed by atoms with van der Waals surface area (Å²) in [4.78, 5) is 28.4. The van der Waals surface area contributed by atoms with Gasteiger partial charge in [0.1, 0.15) is 12.1 Å². The zero-order valence-corrected chi connectivity index (χ0v) is 14.0. The Morgan fingerprint density at radius 3 is 2.83 bits per heavy atom. The first-order chi connectivity index (χ1) is 11.5. The van der Waals surface area contributed by atoms with E-state index in [4.69, 9.17) is 23.2 Å². The SMILES string of the molecule is Cc1c(Cl)cnc(NC(=O)Cn2nnc3ccccc3c2=O)c1Cl. The van der Waals surface area contributed by atoms with E-state index in [9.17, 15) is 9.59 Å². The van der Waals surface area contributed by atoms with E-state index >= 15 is 0 Å². The summed E-state index contributed by atoms with van der Waals surface area (Å²) in [5, 5.41) is 11.2. The van der Waals surface area contributed by atoms with E-state index in [0.29, 0.717) is 21.5 Å². The Hall–Kier alpha value is -2.51. The second kappa shape index (κ2) is 6.54. The molecular formula is C15H11Cl2N5O2. The van der Waals surface area contributed by atoms with Gasteiger partial charge in [0.05, 0.1) is 15.4 Å². The lowest BCUT2D eigenvalue weighted by Gasteiger charge is -2.09. The van der Waals surface area contributed by atoms with Crippen LogP contribution in [0.1, 0.15) is 5.56 Å². The summed E-state index contributed by atoms with van der Waals surface area (Å²) in [5.74, 6) is -0.330. The van der Waals surface area contributed by atoms with Gasteiger partial charge >= 0.3 is 0 Å². The number of nitrogens with zero attached hydrogens (tertiary/aromatic N) is 4. The molecule has 7 nitrogen and oxygen atoms in total. The molecule has 122 valence electrons. The molecule has 0 atom stereocenters. The highest BCUT2D eigenvalue weighted by Crippen LogP contribution is 2.28. The normalized spacial score (nSPS) is 10.8. The van der Waals surface area contributed by atoms with Crippen LogP contribution in [0.3, 0.4) is 0 Å². The third-order valence-corrected chi connectivity index (χ3v) is 4.23. The molecular weight excluding hydrogens is 353 g/mol. The van der Waals surface area contributed by atoms with Gasteiger partial charge in [0.25, 0.3) is 5.56 Å². The molecule has 0 aliphatic carbocycles. The van der Waals surface area contributed by atoms with Crippen LogP contribution in [0.15, 0.2) is 35.3 Å². The maximum absolute atomic E-state index is 12.3. The van der Waals surface area contributed by atoms with Crippen LogP contribution in [0, 0.1) is 6.92 Å². The highest BCUT2D eigenvalue weighted by Gasteiger charge is 2.14. The van der Waals surface area contributed by atoms with Crippen LogP contribution >= 0.6 is 23.2 Å². The molecule has 1 aromatic carbocycles. The number of fused-ring (bicyclic) bond motifs is 1. The molecule has 3 rings (SSSR count). The third-order valence-electron chi connectivity index (χ3n) is 3.38. The summed E-state index contributed by atoms with van der Waals surface area (Å²) >= 11 is 12.0. The van der Waals surface area contributed by atoms with Gasteiger partial charge in [0.2, 0.25) is 5.91 Å². The molecule has 0 radical (unpaired) electrons. The number of pyridine rings is 1. The van der Waals surface area contributed by atoms with Gasteiger partial charge < -0.3 is 5.32 Å². The van der Waals surface area contributed by atoms with E-state index in [1.54, 1.807) is 31.2 Å². The van der Waals surface area contributed by atoms with E-state index in [0.717, 1.165) is 4.68 Å². The van der Waals surface area contributed by atoms with Gasteiger partial charge in [-0.15, -0.1) is 5.10 Å². The lowest BCUT2D eigenvalue weighted by Crippen LogP contribution is -2.30. The fraction of sp³-hybridized carbons (Fsp3) is 0.133. The fourth-order valence-corrected chi connectivity index (χ4v) is 2.47. The number of nitrogens with one attached hydrogen (secondary N) is 1. The van der Waals surface area contributed by atoms with Crippen molar-refractivity contribution in [1.82, 2.24) is 20.0 Å². The molecule has 0 saturated heterocycles. The van der Waals surface area contributed by atoms with Crippen LogP contribution in [-0.2, 0) is 11.3 Å². The monoisotopic (exact) mass is 363 g/mol. The summed E-state index contributed by atoms with van der Waals surface area (Å²) in [5.41, 5.74) is 0.672. The van der Waals surface area contributed by atoms with Gasteiger partial charge in [-0.2, -0.15) is 0 Å². The van der Waals surface area contributed by atoms with Crippen molar-refractivity contribution in [3.63, 3.8) is 0 Å². The number of halogens is 2. The summed E-state index contributed by atoms with van der Waals surface area (Å²) in [7, 11) is 0. The van der Waals surface area contributed by atoms with Crippen LogP contribution in [-0.4, -0.2) is 25.9 Å². The largest absolute Gasteiger partial charge is 0.308 e. The number of amides is 1. The van der Waals surface area contributed by atoms with Crippen molar-refractivity contribution in [2.75, 3.05) is 5.32 Å². The molecule has 0 spiro atoms. The van der Waals surface area contributed by atoms with Crippen LogP contribution in [0.4, 0.5) is 5.82 Å². The predicted octanol–water partition coefficient (Wildman–Crippen LogP) is 2.44. The van der Waals surface area contributed by atoms with Gasteiger partial charge in [-0.25, -0.2) is 9.67 Å². The van der Waals surface area contributed by atoms with Crippen molar-refractivity contribution in [1.29, 1.82) is 0 Å². The Morgan fingerprint density at radius 2 is 2.04 bits per heavy atom. The minimum atomic E-state index is -0.502. The van der Waals surface area contributed by atoms with Crippen LogP contribution in [0.5, 0.6) is 0 Å². The van der Waals surface area contributed by atoms with Gasteiger partial charge in [0, 0.05) is 6.20 Å². The molecule has 0 aliphatic rings. The molecule has 1 N–H and O–H groups in total. The van der Waals surface area contributed by atoms with Crippen LogP contribution < -0.4 is 10.9 Å².